The van der Waals surface area contributed by atoms with E-state index in [2.05, 4.69) is 5.32 Å². The second-order valence-corrected chi connectivity index (χ2v) is 4.21. The lowest BCUT2D eigenvalue weighted by molar-refractivity contribution is 0.155. The highest BCUT2D eigenvalue weighted by molar-refractivity contribution is 5.85. The zero-order valence-corrected chi connectivity index (χ0v) is 11.5. The Bertz CT molecular complexity index is 663. The lowest BCUT2D eigenvalue weighted by Crippen LogP contribution is -2.13. The monoisotopic (exact) mass is 282 g/mol. The summed E-state index contributed by atoms with van der Waals surface area (Å²) < 4.78 is 10.1. The van der Waals surface area contributed by atoms with Gasteiger partial charge in [-0.2, -0.15) is 5.26 Å². The van der Waals surface area contributed by atoms with Crippen LogP contribution in [-0.2, 0) is 11.3 Å². The van der Waals surface area contributed by atoms with E-state index in [1.54, 1.807) is 12.1 Å². The smallest absolute Gasteiger partial charge is 0.411 e. The summed E-state index contributed by atoms with van der Waals surface area (Å²) in [5, 5.41) is 11.6. The van der Waals surface area contributed by atoms with Gasteiger partial charge >= 0.3 is 6.09 Å². The van der Waals surface area contributed by atoms with Crippen molar-refractivity contribution in [2.75, 3.05) is 12.4 Å². The third-order valence-electron chi connectivity index (χ3n) is 2.78. The molecule has 0 unspecified atom stereocenters. The number of nitrogens with one attached hydrogen (secondary N) is 1. The third kappa shape index (κ3) is 3.98. The Morgan fingerprint density at radius 3 is 2.67 bits per heavy atom. The summed E-state index contributed by atoms with van der Waals surface area (Å²) in [5.41, 5.74) is 1.73. The lowest BCUT2D eigenvalue weighted by atomic mass is 10.2. The molecule has 0 atom stereocenters. The van der Waals surface area contributed by atoms with Crippen LogP contribution in [0, 0.1) is 11.3 Å². The second-order valence-electron chi connectivity index (χ2n) is 4.21. The summed E-state index contributed by atoms with van der Waals surface area (Å²) in [4.78, 5) is 11.7. The highest BCUT2D eigenvalue weighted by Gasteiger charge is 2.07. The minimum Gasteiger partial charge on any atom is -0.495 e. The summed E-state index contributed by atoms with van der Waals surface area (Å²) in [6, 6.07) is 16.2. The van der Waals surface area contributed by atoms with E-state index in [1.807, 2.05) is 36.4 Å². The van der Waals surface area contributed by atoms with Gasteiger partial charge in [0.2, 0.25) is 0 Å². The van der Waals surface area contributed by atoms with Gasteiger partial charge in [0.15, 0.2) is 0 Å². The van der Waals surface area contributed by atoms with E-state index in [-0.39, 0.29) is 6.61 Å². The van der Waals surface area contributed by atoms with Crippen molar-refractivity contribution in [3.63, 3.8) is 0 Å². The Balaban J connectivity index is 1.95. The molecule has 0 heterocycles. The molecular weight excluding hydrogens is 268 g/mol. The van der Waals surface area contributed by atoms with Crippen LogP contribution in [0.1, 0.15) is 11.1 Å². The molecule has 0 bridgehead atoms. The fourth-order valence-corrected chi connectivity index (χ4v) is 1.75. The van der Waals surface area contributed by atoms with Crippen molar-refractivity contribution in [1.82, 2.24) is 0 Å². The zero-order chi connectivity index (χ0) is 15.1. The molecule has 5 nitrogen and oxygen atoms in total. The average molecular weight is 282 g/mol. The fraction of sp³-hybridized carbons (Fsp3) is 0.125. The molecule has 1 amide bonds. The first-order valence-corrected chi connectivity index (χ1v) is 6.29. The van der Waals surface area contributed by atoms with Crippen molar-refractivity contribution in [2.24, 2.45) is 0 Å². The maximum Gasteiger partial charge on any atom is 0.411 e. The van der Waals surface area contributed by atoms with Crippen LogP contribution in [0.25, 0.3) is 0 Å². The van der Waals surface area contributed by atoms with E-state index in [4.69, 9.17) is 14.7 Å². The topological polar surface area (TPSA) is 71.3 Å². The fourth-order valence-electron chi connectivity index (χ4n) is 1.75. The van der Waals surface area contributed by atoms with E-state index in [0.717, 1.165) is 5.56 Å². The molecule has 1 N–H and O–H groups in total. The first-order valence-electron chi connectivity index (χ1n) is 6.29. The van der Waals surface area contributed by atoms with Gasteiger partial charge in [0.05, 0.1) is 12.7 Å². The maximum atomic E-state index is 11.7. The van der Waals surface area contributed by atoms with Gasteiger partial charge < -0.3 is 9.47 Å². The van der Waals surface area contributed by atoms with Gasteiger partial charge in [-0.25, -0.2) is 4.79 Å². The Kier molecular flexibility index (Phi) is 4.78. The Labute approximate surface area is 122 Å². The highest BCUT2D eigenvalue weighted by Crippen LogP contribution is 2.21. The van der Waals surface area contributed by atoms with E-state index >= 15 is 0 Å². The summed E-state index contributed by atoms with van der Waals surface area (Å²) in [5.74, 6) is 0.459. The molecule has 0 aliphatic carbocycles. The first-order chi connectivity index (χ1) is 10.2. The van der Waals surface area contributed by atoms with Gasteiger partial charge in [-0.3, -0.25) is 5.32 Å². The quantitative estimate of drug-likeness (QED) is 0.933. The number of carbonyl (C=O) groups excluding carboxylic acids is 1. The molecule has 2 aromatic carbocycles. The lowest BCUT2D eigenvalue weighted by Gasteiger charge is -2.08. The van der Waals surface area contributed by atoms with Crippen LogP contribution in [-0.4, -0.2) is 13.2 Å². The van der Waals surface area contributed by atoms with Crippen LogP contribution >= 0.6 is 0 Å². The minimum absolute atomic E-state index is 0.188. The summed E-state index contributed by atoms with van der Waals surface area (Å²) >= 11 is 0. The largest absolute Gasteiger partial charge is 0.495 e. The van der Waals surface area contributed by atoms with Gasteiger partial charge in [-0.15, -0.1) is 0 Å². The normalized spacial score (nSPS) is 9.52. The molecule has 0 aromatic heterocycles. The number of rotatable bonds is 4. The molecule has 106 valence electrons. The van der Waals surface area contributed by atoms with Gasteiger partial charge in [-0.1, -0.05) is 30.3 Å². The number of nitrogens with zero attached hydrogens (tertiary/aromatic N) is 1. The predicted octanol–water partition coefficient (Wildman–Crippen LogP) is 3.32. The molecule has 0 spiro atoms. The van der Waals surface area contributed by atoms with Gasteiger partial charge in [0.25, 0.3) is 0 Å². The van der Waals surface area contributed by atoms with Crippen LogP contribution in [0.2, 0.25) is 0 Å². The molecule has 0 saturated heterocycles. The molecule has 0 fully saturated rings. The van der Waals surface area contributed by atoms with Crippen molar-refractivity contribution in [3.05, 3.63) is 59.7 Å². The van der Waals surface area contributed by atoms with Crippen LogP contribution in [0.3, 0.4) is 0 Å². The molecular formula is C16H14N2O3. The average Bonchev–Trinajstić information content (AvgIpc) is 2.53. The number of benzene rings is 2. The maximum absolute atomic E-state index is 11.7. The molecule has 2 rings (SSSR count). The third-order valence-corrected chi connectivity index (χ3v) is 2.78. The number of hydrogen-bond acceptors (Lipinski definition) is 4. The van der Waals surface area contributed by atoms with Crippen molar-refractivity contribution in [2.45, 2.75) is 6.61 Å². The molecule has 0 radical (unpaired) electrons. The summed E-state index contributed by atoms with van der Waals surface area (Å²) in [7, 11) is 1.48. The molecule has 0 saturated carbocycles. The molecule has 5 heteroatoms. The molecule has 21 heavy (non-hydrogen) atoms. The van der Waals surface area contributed by atoms with Crippen molar-refractivity contribution < 1.29 is 14.3 Å². The number of ether oxygens (including phenoxy) is 2. The minimum atomic E-state index is -0.576. The number of anilines is 1. The van der Waals surface area contributed by atoms with E-state index in [0.29, 0.717) is 17.0 Å². The van der Waals surface area contributed by atoms with Crippen LogP contribution in [0.4, 0.5) is 10.5 Å². The SMILES string of the molecule is COc1ccc(NC(=O)OCc2ccccc2)cc1C#N. The standard InChI is InChI=1S/C16H14N2O3/c1-20-15-8-7-14(9-13(15)10-17)18-16(19)21-11-12-5-3-2-4-6-12/h2-9H,11H2,1H3,(H,18,19). The number of carbonyl (C=O) groups is 1. The Morgan fingerprint density at radius 2 is 2.00 bits per heavy atom. The predicted molar refractivity (Wildman–Crippen MR) is 78.0 cm³/mol. The molecule has 0 aliphatic rings. The molecule has 0 aliphatic heterocycles. The highest BCUT2D eigenvalue weighted by atomic mass is 16.5. The zero-order valence-electron chi connectivity index (χ0n) is 11.5. The van der Waals surface area contributed by atoms with Gasteiger partial charge in [0, 0.05) is 5.69 Å². The van der Waals surface area contributed by atoms with E-state index in [9.17, 15) is 4.79 Å². The van der Waals surface area contributed by atoms with Crippen LogP contribution in [0.15, 0.2) is 48.5 Å². The number of nitriles is 1. The number of amides is 1. The van der Waals surface area contributed by atoms with Crippen molar-refractivity contribution in [1.29, 1.82) is 5.26 Å². The Hall–Kier alpha value is -3.00. The Morgan fingerprint density at radius 1 is 1.24 bits per heavy atom. The van der Waals surface area contributed by atoms with Crippen molar-refractivity contribution in [3.8, 4) is 11.8 Å². The van der Waals surface area contributed by atoms with E-state index in [1.165, 1.54) is 13.2 Å². The second kappa shape index (κ2) is 6.96. The number of methoxy groups -OCH3 is 1. The van der Waals surface area contributed by atoms with Gasteiger partial charge in [-0.05, 0) is 23.8 Å². The van der Waals surface area contributed by atoms with Crippen molar-refractivity contribution >= 4 is 11.8 Å². The summed E-state index contributed by atoms with van der Waals surface area (Å²) in [6.45, 7) is 0.188. The van der Waals surface area contributed by atoms with Gasteiger partial charge in [0.1, 0.15) is 18.4 Å². The summed E-state index contributed by atoms with van der Waals surface area (Å²) in [6.07, 6.45) is -0.576. The van der Waals surface area contributed by atoms with Crippen LogP contribution < -0.4 is 10.1 Å². The van der Waals surface area contributed by atoms with E-state index < -0.39 is 6.09 Å². The van der Waals surface area contributed by atoms with Crippen LogP contribution in [0.5, 0.6) is 5.75 Å². The number of hydrogen-bond donors (Lipinski definition) is 1. The first kappa shape index (κ1) is 14.4. The molecule has 2 aromatic rings.